The fraction of sp³-hybridized carbons (Fsp3) is 0.318. The molecule has 1 aliphatic heterocycles. The summed E-state index contributed by atoms with van der Waals surface area (Å²) in [5.74, 6) is -0.126. The van der Waals surface area contributed by atoms with Crippen molar-refractivity contribution in [2.45, 2.75) is 32.6 Å². The maximum Gasteiger partial charge on any atom is 0.261 e. The standard InChI is InChI=1S/C22H24N2O4/c1-2-3-15-28-19-12-7-6-11-18(19)23-20(25)13-8-14-24-21(26)16-9-4-5-10-17(16)22(24)27/h4-7,9-12H,2-3,8,13-15H2,1H3,(H,23,25). The average molecular weight is 380 g/mol. The fourth-order valence-electron chi connectivity index (χ4n) is 3.07. The molecule has 0 aliphatic carbocycles. The predicted molar refractivity (Wildman–Crippen MR) is 107 cm³/mol. The minimum absolute atomic E-state index is 0.178. The molecule has 0 aromatic heterocycles. The first kappa shape index (κ1) is 19.6. The van der Waals surface area contributed by atoms with Gasteiger partial charge in [-0.15, -0.1) is 0 Å². The van der Waals surface area contributed by atoms with Crippen LogP contribution in [-0.4, -0.2) is 35.8 Å². The maximum absolute atomic E-state index is 12.3. The van der Waals surface area contributed by atoms with Crippen LogP contribution in [0.2, 0.25) is 0 Å². The Balaban J connectivity index is 1.51. The molecule has 1 aliphatic rings. The lowest BCUT2D eigenvalue weighted by Gasteiger charge is -2.14. The fourth-order valence-corrected chi connectivity index (χ4v) is 3.07. The molecule has 0 saturated carbocycles. The second-order valence-corrected chi connectivity index (χ2v) is 6.66. The zero-order chi connectivity index (χ0) is 19.9. The van der Waals surface area contributed by atoms with E-state index in [1.54, 1.807) is 30.3 Å². The number of rotatable bonds is 9. The molecule has 0 unspecified atom stereocenters. The van der Waals surface area contributed by atoms with Crippen molar-refractivity contribution in [3.8, 4) is 5.75 Å². The van der Waals surface area contributed by atoms with E-state index in [1.807, 2.05) is 18.2 Å². The first-order chi connectivity index (χ1) is 13.6. The van der Waals surface area contributed by atoms with Crippen LogP contribution in [0.3, 0.4) is 0 Å². The van der Waals surface area contributed by atoms with Crippen LogP contribution in [0.5, 0.6) is 5.75 Å². The van der Waals surface area contributed by atoms with Crippen molar-refractivity contribution in [1.82, 2.24) is 4.90 Å². The van der Waals surface area contributed by atoms with Crippen LogP contribution in [0.1, 0.15) is 53.3 Å². The zero-order valence-corrected chi connectivity index (χ0v) is 15.9. The van der Waals surface area contributed by atoms with E-state index < -0.39 is 0 Å². The number of hydrogen-bond donors (Lipinski definition) is 1. The Hall–Kier alpha value is -3.15. The Labute approximate surface area is 164 Å². The molecule has 6 heteroatoms. The number of imide groups is 1. The summed E-state index contributed by atoms with van der Waals surface area (Å²) in [7, 11) is 0. The number of nitrogens with zero attached hydrogens (tertiary/aromatic N) is 1. The third-order valence-electron chi connectivity index (χ3n) is 4.58. The highest BCUT2D eigenvalue weighted by Crippen LogP contribution is 2.25. The predicted octanol–water partition coefficient (Wildman–Crippen LogP) is 3.88. The van der Waals surface area contributed by atoms with E-state index in [-0.39, 0.29) is 30.7 Å². The van der Waals surface area contributed by atoms with Gasteiger partial charge >= 0.3 is 0 Å². The van der Waals surface area contributed by atoms with Crippen molar-refractivity contribution in [2.24, 2.45) is 0 Å². The van der Waals surface area contributed by atoms with E-state index in [4.69, 9.17) is 4.74 Å². The van der Waals surface area contributed by atoms with Gasteiger partial charge in [-0.3, -0.25) is 19.3 Å². The molecule has 28 heavy (non-hydrogen) atoms. The van der Waals surface area contributed by atoms with Crippen LogP contribution in [0.25, 0.3) is 0 Å². The molecule has 0 saturated heterocycles. The van der Waals surface area contributed by atoms with Crippen LogP contribution in [0.15, 0.2) is 48.5 Å². The molecular formula is C22H24N2O4. The number of carbonyl (C=O) groups excluding carboxylic acids is 3. The van der Waals surface area contributed by atoms with Crippen LogP contribution in [-0.2, 0) is 4.79 Å². The Morgan fingerprint density at radius 2 is 1.61 bits per heavy atom. The van der Waals surface area contributed by atoms with E-state index in [0.29, 0.717) is 35.6 Å². The lowest BCUT2D eigenvalue weighted by molar-refractivity contribution is -0.116. The Bertz CT molecular complexity index is 843. The van der Waals surface area contributed by atoms with Crippen LogP contribution >= 0.6 is 0 Å². The molecule has 3 rings (SSSR count). The molecule has 0 spiro atoms. The van der Waals surface area contributed by atoms with Crippen LogP contribution in [0.4, 0.5) is 5.69 Å². The van der Waals surface area contributed by atoms with Gasteiger partial charge in [0.05, 0.1) is 23.4 Å². The molecule has 2 aromatic rings. The van der Waals surface area contributed by atoms with Crippen molar-refractivity contribution in [3.63, 3.8) is 0 Å². The quantitative estimate of drug-likeness (QED) is 0.529. The van der Waals surface area contributed by atoms with Gasteiger partial charge in [0.15, 0.2) is 0 Å². The number of fused-ring (bicyclic) bond motifs is 1. The van der Waals surface area contributed by atoms with E-state index >= 15 is 0 Å². The summed E-state index contributed by atoms with van der Waals surface area (Å²) in [4.78, 5) is 38.2. The van der Waals surface area contributed by atoms with Gasteiger partial charge in [0.1, 0.15) is 5.75 Å². The van der Waals surface area contributed by atoms with Gasteiger partial charge in [-0.1, -0.05) is 37.6 Å². The highest BCUT2D eigenvalue weighted by atomic mass is 16.5. The number of unbranched alkanes of at least 4 members (excludes halogenated alkanes) is 1. The number of benzene rings is 2. The van der Waals surface area contributed by atoms with Crippen molar-refractivity contribution in [1.29, 1.82) is 0 Å². The molecular weight excluding hydrogens is 356 g/mol. The number of nitrogens with one attached hydrogen (secondary N) is 1. The molecule has 1 heterocycles. The Morgan fingerprint density at radius 1 is 0.964 bits per heavy atom. The summed E-state index contributed by atoms with van der Waals surface area (Å²) < 4.78 is 5.72. The molecule has 2 aromatic carbocycles. The Kier molecular flexibility index (Phi) is 6.42. The second kappa shape index (κ2) is 9.17. The largest absolute Gasteiger partial charge is 0.491 e. The second-order valence-electron chi connectivity index (χ2n) is 6.66. The number of para-hydroxylation sites is 2. The summed E-state index contributed by atoms with van der Waals surface area (Å²) in [6.45, 7) is 2.91. The van der Waals surface area contributed by atoms with Gasteiger partial charge in [-0.2, -0.15) is 0 Å². The molecule has 0 fully saturated rings. The van der Waals surface area contributed by atoms with Crippen LogP contribution < -0.4 is 10.1 Å². The summed E-state index contributed by atoms with van der Waals surface area (Å²) in [6, 6.07) is 14.1. The van der Waals surface area contributed by atoms with E-state index in [2.05, 4.69) is 12.2 Å². The number of hydrogen-bond acceptors (Lipinski definition) is 4. The zero-order valence-electron chi connectivity index (χ0n) is 15.9. The van der Waals surface area contributed by atoms with E-state index in [1.165, 1.54) is 4.90 Å². The van der Waals surface area contributed by atoms with Gasteiger partial charge in [-0.05, 0) is 37.1 Å². The third kappa shape index (κ3) is 4.39. The summed E-state index contributed by atoms with van der Waals surface area (Å²) in [5.41, 5.74) is 1.48. The monoisotopic (exact) mass is 380 g/mol. The number of amides is 3. The number of ether oxygens (including phenoxy) is 1. The van der Waals surface area contributed by atoms with Gasteiger partial charge in [0, 0.05) is 13.0 Å². The van der Waals surface area contributed by atoms with Gasteiger partial charge in [-0.25, -0.2) is 0 Å². The van der Waals surface area contributed by atoms with Gasteiger partial charge in [0.2, 0.25) is 5.91 Å². The molecule has 0 atom stereocenters. The topological polar surface area (TPSA) is 75.7 Å². The molecule has 6 nitrogen and oxygen atoms in total. The normalized spacial score (nSPS) is 12.8. The molecule has 0 bridgehead atoms. The third-order valence-corrected chi connectivity index (χ3v) is 4.58. The highest BCUT2D eigenvalue weighted by Gasteiger charge is 2.34. The van der Waals surface area contributed by atoms with E-state index in [0.717, 1.165) is 12.8 Å². The van der Waals surface area contributed by atoms with Crippen molar-refractivity contribution in [2.75, 3.05) is 18.5 Å². The van der Waals surface area contributed by atoms with Gasteiger partial charge in [0.25, 0.3) is 11.8 Å². The summed E-state index contributed by atoms with van der Waals surface area (Å²) >= 11 is 0. The first-order valence-electron chi connectivity index (χ1n) is 9.58. The Morgan fingerprint density at radius 3 is 2.29 bits per heavy atom. The maximum atomic E-state index is 12.3. The molecule has 146 valence electrons. The molecule has 3 amide bonds. The minimum Gasteiger partial charge on any atom is -0.491 e. The molecule has 1 N–H and O–H groups in total. The first-order valence-corrected chi connectivity index (χ1v) is 9.58. The lowest BCUT2D eigenvalue weighted by Crippen LogP contribution is -2.31. The smallest absolute Gasteiger partial charge is 0.261 e. The minimum atomic E-state index is -0.296. The summed E-state index contributed by atoms with van der Waals surface area (Å²) in [5, 5.41) is 2.85. The van der Waals surface area contributed by atoms with Gasteiger partial charge < -0.3 is 10.1 Å². The van der Waals surface area contributed by atoms with Crippen LogP contribution in [0, 0.1) is 0 Å². The van der Waals surface area contributed by atoms with Crippen molar-refractivity contribution < 1.29 is 19.1 Å². The van der Waals surface area contributed by atoms with E-state index in [9.17, 15) is 14.4 Å². The summed E-state index contributed by atoms with van der Waals surface area (Å²) in [6.07, 6.45) is 2.59. The highest BCUT2D eigenvalue weighted by molar-refractivity contribution is 6.21. The SMILES string of the molecule is CCCCOc1ccccc1NC(=O)CCCN1C(=O)c2ccccc2C1=O. The number of carbonyl (C=O) groups is 3. The van der Waals surface area contributed by atoms with Crippen molar-refractivity contribution >= 4 is 23.4 Å². The average Bonchev–Trinajstić information content (AvgIpc) is 2.95. The lowest BCUT2D eigenvalue weighted by atomic mass is 10.1. The number of anilines is 1. The van der Waals surface area contributed by atoms with Crippen molar-refractivity contribution in [3.05, 3.63) is 59.7 Å². The molecule has 0 radical (unpaired) electrons.